The lowest BCUT2D eigenvalue weighted by Gasteiger charge is -2.12. The summed E-state index contributed by atoms with van der Waals surface area (Å²) in [5, 5.41) is 8.75. The molecule has 0 spiro atoms. The number of ether oxygens (including phenoxy) is 2. The number of methoxy groups -OCH3 is 1. The molecule has 0 radical (unpaired) electrons. The van der Waals surface area contributed by atoms with E-state index in [9.17, 15) is 14.4 Å². The van der Waals surface area contributed by atoms with Crippen LogP contribution in [-0.2, 0) is 14.4 Å². The van der Waals surface area contributed by atoms with Crippen molar-refractivity contribution in [2.75, 3.05) is 20.3 Å². The third kappa shape index (κ3) is 4.96. The van der Waals surface area contributed by atoms with Crippen LogP contribution in [-0.4, -0.2) is 52.4 Å². The molecule has 1 saturated heterocycles. The average molecular weight is 396 g/mol. The van der Waals surface area contributed by atoms with E-state index in [1.807, 2.05) is 0 Å². The van der Waals surface area contributed by atoms with Gasteiger partial charge in [0, 0.05) is 6.54 Å². The molecule has 2 amide bonds. The van der Waals surface area contributed by atoms with E-state index in [1.165, 1.54) is 12.0 Å². The molecule has 1 fully saturated rings. The molecule has 26 heavy (non-hydrogen) atoms. The number of thiocarbonyl (C=S) groups is 1. The Kier molecular flexibility index (Phi) is 6.58. The number of primary amides is 1. The molecule has 1 heterocycles. The van der Waals surface area contributed by atoms with E-state index < -0.39 is 11.9 Å². The lowest BCUT2D eigenvalue weighted by molar-refractivity contribution is -0.137. The second kappa shape index (κ2) is 8.68. The zero-order chi connectivity index (χ0) is 19.3. The van der Waals surface area contributed by atoms with Crippen molar-refractivity contribution < 1.29 is 29.0 Å². The van der Waals surface area contributed by atoms with Crippen LogP contribution >= 0.6 is 24.0 Å². The van der Waals surface area contributed by atoms with Crippen molar-refractivity contribution in [3.05, 3.63) is 28.7 Å². The summed E-state index contributed by atoms with van der Waals surface area (Å²) >= 11 is 6.24. The normalized spacial score (nSPS) is 15.4. The molecule has 0 saturated carbocycles. The molecule has 0 aromatic heterocycles. The first-order chi connectivity index (χ1) is 12.3. The molecular formula is C16H16N2O6S2. The van der Waals surface area contributed by atoms with Gasteiger partial charge in [0.2, 0.25) is 0 Å². The lowest BCUT2D eigenvalue weighted by atomic mass is 10.2. The predicted molar refractivity (Wildman–Crippen MR) is 99.8 cm³/mol. The fourth-order valence-corrected chi connectivity index (χ4v) is 3.40. The smallest absolute Gasteiger partial charge is 0.305 e. The number of carboxylic acids is 1. The molecule has 0 unspecified atom stereocenters. The maximum Gasteiger partial charge on any atom is 0.305 e. The second-order valence-corrected chi connectivity index (χ2v) is 6.82. The Morgan fingerprint density at radius 2 is 2.12 bits per heavy atom. The van der Waals surface area contributed by atoms with E-state index in [2.05, 4.69) is 0 Å². The quantitative estimate of drug-likeness (QED) is 0.497. The lowest BCUT2D eigenvalue weighted by Crippen LogP contribution is -2.30. The fourth-order valence-electron chi connectivity index (χ4n) is 2.09. The molecule has 138 valence electrons. The van der Waals surface area contributed by atoms with Gasteiger partial charge in [-0.25, -0.2) is 0 Å². The van der Waals surface area contributed by atoms with Crippen LogP contribution in [0.1, 0.15) is 12.0 Å². The largest absolute Gasteiger partial charge is 0.493 e. The van der Waals surface area contributed by atoms with Crippen LogP contribution in [0.3, 0.4) is 0 Å². The van der Waals surface area contributed by atoms with E-state index in [4.69, 9.17) is 32.5 Å². The molecule has 0 bridgehead atoms. The van der Waals surface area contributed by atoms with Crippen molar-refractivity contribution in [3.63, 3.8) is 0 Å². The molecule has 1 aromatic carbocycles. The number of carboxylic acid groups (broad SMARTS) is 1. The minimum absolute atomic E-state index is 0.0283. The van der Waals surface area contributed by atoms with Crippen molar-refractivity contribution in [2.24, 2.45) is 5.73 Å². The summed E-state index contributed by atoms with van der Waals surface area (Å²) in [5.41, 5.74) is 5.71. The number of rotatable bonds is 8. The number of aliphatic carboxylic acids is 1. The highest BCUT2D eigenvalue weighted by atomic mass is 32.2. The number of benzene rings is 1. The van der Waals surface area contributed by atoms with E-state index in [1.54, 1.807) is 24.3 Å². The summed E-state index contributed by atoms with van der Waals surface area (Å²) in [7, 11) is 1.45. The zero-order valence-corrected chi connectivity index (χ0v) is 15.4. The topological polar surface area (TPSA) is 119 Å². The molecule has 1 aliphatic rings. The number of thioether (sulfide) groups is 1. The van der Waals surface area contributed by atoms with Crippen molar-refractivity contribution in [1.29, 1.82) is 0 Å². The summed E-state index contributed by atoms with van der Waals surface area (Å²) in [6.45, 7) is -0.251. The Bertz CT molecular complexity index is 793. The van der Waals surface area contributed by atoms with E-state index in [-0.39, 0.29) is 25.5 Å². The zero-order valence-electron chi connectivity index (χ0n) is 13.8. The summed E-state index contributed by atoms with van der Waals surface area (Å²) < 4.78 is 10.8. The third-order valence-electron chi connectivity index (χ3n) is 3.28. The van der Waals surface area contributed by atoms with Gasteiger partial charge in [-0.2, -0.15) is 0 Å². The summed E-state index contributed by atoms with van der Waals surface area (Å²) in [6, 6.07) is 4.92. The molecule has 0 atom stereocenters. The average Bonchev–Trinajstić information content (AvgIpc) is 2.85. The van der Waals surface area contributed by atoms with Gasteiger partial charge in [-0.3, -0.25) is 19.3 Å². The van der Waals surface area contributed by atoms with Crippen molar-refractivity contribution in [1.82, 2.24) is 4.90 Å². The maximum absolute atomic E-state index is 12.4. The number of nitrogens with two attached hydrogens (primary N) is 1. The van der Waals surface area contributed by atoms with Crippen LogP contribution in [0.5, 0.6) is 11.5 Å². The first kappa shape index (κ1) is 19.7. The highest BCUT2D eigenvalue weighted by Crippen LogP contribution is 2.34. The fraction of sp³-hybridized carbons (Fsp3) is 0.250. The Balaban J connectivity index is 2.18. The number of carbonyl (C=O) groups excluding carboxylic acids is 2. The van der Waals surface area contributed by atoms with Crippen LogP contribution in [0.4, 0.5) is 0 Å². The van der Waals surface area contributed by atoms with Crippen LogP contribution in [0, 0.1) is 0 Å². The first-order valence-corrected chi connectivity index (χ1v) is 8.60. The van der Waals surface area contributed by atoms with Gasteiger partial charge in [0.1, 0.15) is 4.32 Å². The van der Waals surface area contributed by atoms with Gasteiger partial charge in [-0.05, 0) is 23.8 Å². The van der Waals surface area contributed by atoms with Gasteiger partial charge in [0.15, 0.2) is 18.1 Å². The molecule has 3 N–H and O–H groups in total. The van der Waals surface area contributed by atoms with Gasteiger partial charge >= 0.3 is 5.97 Å². The monoisotopic (exact) mass is 396 g/mol. The van der Waals surface area contributed by atoms with Gasteiger partial charge < -0.3 is 20.3 Å². The first-order valence-electron chi connectivity index (χ1n) is 7.38. The van der Waals surface area contributed by atoms with Crippen LogP contribution in [0.15, 0.2) is 23.1 Å². The minimum atomic E-state index is -1.00. The summed E-state index contributed by atoms with van der Waals surface area (Å²) in [4.78, 5) is 35.5. The summed E-state index contributed by atoms with van der Waals surface area (Å²) in [5.74, 6) is -1.23. The number of nitrogens with zero attached hydrogens (tertiary/aromatic N) is 1. The number of amides is 2. The minimum Gasteiger partial charge on any atom is -0.493 e. The van der Waals surface area contributed by atoms with Crippen LogP contribution < -0.4 is 15.2 Å². The number of hydrogen-bond acceptors (Lipinski definition) is 7. The standard InChI is InChI=1S/C16H16N2O6S2/c1-23-11-6-9(2-3-10(11)24-8-13(17)19)7-12-15(22)18(16(25)26-12)5-4-14(20)21/h2-3,6-7H,4-5,8H2,1H3,(H2,17,19)(H,20,21)/b12-7-. The Morgan fingerprint density at radius 1 is 1.38 bits per heavy atom. The maximum atomic E-state index is 12.4. The van der Waals surface area contributed by atoms with Crippen LogP contribution in [0.25, 0.3) is 6.08 Å². The molecule has 2 rings (SSSR count). The Morgan fingerprint density at radius 3 is 2.73 bits per heavy atom. The van der Waals surface area contributed by atoms with Gasteiger partial charge in [0.05, 0.1) is 18.4 Å². The molecule has 1 aromatic rings. The SMILES string of the molecule is COc1cc(/C=C2\SC(=S)N(CCC(=O)O)C2=O)ccc1OCC(N)=O. The Hall–Kier alpha value is -2.59. The molecule has 8 nitrogen and oxygen atoms in total. The Labute approximate surface area is 158 Å². The molecular weight excluding hydrogens is 380 g/mol. The van der Waals surface area contributed by atoms with E-state index in [0.29, 0.717) is 26.3 Å². The van der Waals surface area contributed by atoms with Gasteiger partial charge in [-0.1, -0.05) is 30.0 Å². The predicted octanol–water partition coefficient (Wildman–Crippen LogP) is 1.24. The third-order valence-corrected chi connectivity index (χ3v) is 4.66. The van der Waals surface area contributed by atoms with E-state index >= 15 is 0 Å². The number of hydrogen-bond donors (Lipinski definition) is 2. The summed E-state index contributed by atoms with van der Waals surface area (Å²) in [6.07, 6.45) is 1.44. The van der Waals surface area contributed by atoms with Crippen molar-refractivity contribution >= 4 is 52.2 Å². The van der Waals surface area contributed by atoms with Crippen LogP contribution in [0.2, 0.25) is 0 Å². The van der Waals surface area contributed by atoms with Crippen molar-refractivity contribution in [2.45, 2.75) is 6.42 Å². The number of carbonyl (C=O) groups is 3. The second-order valence-electron chi connectivity index (χ2n) is 5.14. The molecule has 1 aliphatic heterocycles. The highest BCUT2D eigenvalue weighted by Gasteiger charge is 2.32. The van der Waals surface area contributed by atoms with Crippen molar-refractivity contribution in [3.8, 4) is 11.5 Å². The van der Waals surface area contributed by atoms with Gasteiger partial charge in [-0.15, -0.1) is 0 Å². The highest BCUT2D eigenvalue weighted by molar-refractivity contribution is 8.26. The van der Waals surface area contributed by atoms with Gasteiger partial charge in [0.25, 0.3) is 11.8 Å². The molecule has 10 heteroatoms. The van der Waals surface area contributed by atoms with E-state index in [0.717, 1.165) is 11.8 Å². The molecule has 0 aliphatic carbocycles.